The van der Waals surface area contributed by atoms with E-state index in [9.17, 15) is 4.79 Å². The number of amides is 1. The third-order valence-corrected chi connectivity index (χ3v) is 4.24. The largest absolute Gasteiger partial charge is 0.444 e. The monoisotopic (exact) mass is 342 g/mol. The molecular formula is C19H26N4O2. The number of anilines is 1. The number of hydrogen-bond acceptors (Lipinski definition) is 4. The van der Waals surface area contributed by atoms with E-state index in [1.54, 1.807) is 10.7 Å². The maximum Gasteiger partial charge on any atom is 0.413 e. The number of allylic oxidation sites excluding steroid dienone is 1. The van der Waals surface area contributed by atoms with Crippen molar-refractivity contribution in [3.05, 3.63) is 30.1 Å². The average Bonchev–Trinajstić information content (AvgIpc) is 2.89. The van der Waals surface area contributed by atoms with Gasteiger partial charge >= 0.3 is 6.09 Å². The third kappa shape index (κ3) is 4.59. The molecule has 0 aromatic carbocycles. The van der Waals surface area contributed by atoms with Crippen molar-refractivity contribution in [1.82, 2.24) is 14.6 Å². The number of rotatable bonds is 3. The molecule has 2 aromatic rings. The second-order valence-electron chi connectivity index (χ2n) is 7.53. The summed E-state index contributed by atoms with van der Waals surface area (Å²) in [6, 6.07) is 1.81. The summed E-state index contributed by atoms with van der Waals surface area (Å²) in [5, 5.41) is 7.20. The van der Waals surface area contributed by atoms with Gasteiger partial charge in [-0.05, 0) is 45.6 Å². The topological polar surface area (TPSA) is 68.5 Å². The number of hydrogen-bond donors (Lipinski definition) is 1. The van der Waals surface area contributed by atoms with Crippen LogP contribution < -0.4 is 5.32 Å². The van der Waals surface area contributed by atoms with Gasteiger partial charge < -0.3 is 4.74 Å². The quantitative estimate of drug-likeness (QED) is 0.880. The van der Waals surface area contributed by atoms with E-state index in [2.05, 4.69) is 21.5 Å². The molecule has 0 bridgehead atoms. The molecule has 1 fully saturated rings. The van der Waals surface area contributed by atoms with Crippen LogP contribution in [0.25, 0.3) is 11.7 Å². The summed E-state index contributed by atoms with van der Waals surface area (Å²) in [6.07, 6.45) is 13.6. The van der Waals surface area contributed by atoms with E-state index in [0.29, 0.717) is 11.7 Å². The van der Waals surface area contributed by atoms with Gasteiger partial charge in [-0.1, -0.05) is 31.4 Å². The van der Waals surface area contributed by atoms with E-state index < -0.39 is 11.7 Å². The van der Waals surface area contributed by atoms with Crippen LogP contribution in [0.4, 0.5) is 10.6 Å². The lowest BCUT2D eigenvalue weighted by Gasteiger charge is -2.19. The van der Waals surface area contributed by atoms with Crippen LogP contribution in [0.15, 0.2) is 24.5 Å². The normalized spacial score (nSPS) is 16.4. The second kappa shape index (κ2) is 7.25. The fourth-order valence-electron chi connectivity index (χ4n) is 3.11. The zero-order chi connectivity index (χ0) is 17.9. The Labute approximate surface area is 148 Å². The minimum absolute atomic E-state index is 0.472. The van der Waals surface area contributed by atoms with Gasteiger partial charge in [0, 0.05) is 12.4 Å². The lowest BCUT2D eigenvalue weighted by atomic mass is 9.89. The van der Waals surface area contributed by atoms with Gasteiger partial charge in [-0.3, -0.25) is 5.32 Å². The summed E-state index contributed by atoms with van der Waals surface area (Å²) >= 11 is 0. The lowest BCUT2D eigenvalue weighted by Crippen LogP contribution is -2.27. The van der Waals surface area contributed by atoms with E-state index in [0.717, 1.165) is 11.2 Å². The molecule has 25 heavy (non-hydrogen) atoms. The number of nitrogens with zero attached hydrogens (tertiary/aromatic N) is 3. The molecule has 1 amide bonds. The fourth-order valence-corrected chi connectivity index (χ4v) is 3.11. The minimum Gasteiger partial charge on any atom is -0.444 e. The van der Waals surface area contributed by atoms with Crippen molar-refractivity contribution in [3.8, 4) is 0 Å². The Bertz CT molecular complexity index is 767. The van der Waals surface area contributed by atoms with Crippen LogP contribution in [0.3, 0.4) is 0 Å². The Kier molecular flexibility index (Phi) is 5.06. The molecule has 134 valence electrons. The Morgan fingerprint density at radius 2 is 2.08 bits per heavy atom. The van der Waals surface area contributed by atoms with Crippen molar-refractivity contribution in [2.75, 3.05) is 5.32 Å². The predicted molar refractivity (Wildman–Crippen MR) is 98.5 cm³/mol. The van der Waals surface area contributed by atoms with Gasteiger partial charge in [0.2, 0.25) is 0 Å². The van der Waals surface area contributed by atoms with Gasteiger partial charge in [0.25, 0.3) is 0 Å². The van der Waals surface area contributed by atoms with Gasteiger partial charge in [0.15, 0.2) is 11.5 Å². The molecule has 2 aromatic heterocycles. The summed E-state index contributed by atoms with van der Waals surface area (Å²) in [5.41, 5.74) is 0.984. The predicted octanol–water partition coefficient (Wildman–Crippen LogP) is 4.67. The summed E-state index contributed by atoms with van der Waals surface area (Å²) in [5.74, 6) is 1.06. The van der Waals surface area contributed by atoms with E-state index in [1.165, 1.54) is 32.1 Å². The Morgan fingerprint density at radius 3 is 2.80 bits per heavy atom. The van der Waals surface area contributed by atoms with Crippen LogP contribution >= 0.6 is 0 Å². The van der Waals surface area contributed by atoms with Crippen molar-refractivity contribution >= 4 is 23.6 Å². The number of carbonyl (C=O) groups excluding carboxylic acids is 1. The van der Waals surface area contributed by atoms with Crippen molar-refractivity contribution in [3.63, 3.8) is 0 Å². The molecule has 0 atom stereocenters. The second-order valence-corrected chi connectivity index (χ2v) is 7.53. The molecule has 0 spiro atoms. The zero-order valence-electron chi connectivity index (χ0n) is 15.2. The van der Waals surface area contributed by atoms with Crippen molar-refractivity contribution in [2.24, 2.45) is 5.92 Å². The summed E-state index contributed by atoms with van der Waals surface area (Å²) < 4.78 is 7.02. The van der Waals surface area contributed by atoms with Gasteiger partial charge in [-0.15, -0.1) is 5.10 Å². The maximum atomic E-state index is 12.1. The molecule has 0 unspecified atom stereocenters. The van der Waals surface area contributed by atoms with E-state index >= 15 is 0 Å². The molecule has 1 saturated carbocycles. The van der Waals surface area contributed by atoms with Crippen LogP contribution in [0.1, 0.15) is 58.4 Å². The molecule has 2 heterocycles. The molecule has 0 saturated heterocycles. The molecule has 0 radical (unpaired) electrons. The van der Waals surface area contributed by atoms with Crippen LogP contribution in [-0.2, 0) is 4.74 Å². The molecule has 1 aliphatic carbocycles. The number of aromatic nitrogens is 3. The Morgan fingerprint density at radius 1 is 1.32 bits per heavy atom. The highest BCUT2D eigenvalue weighted by Gasteiger charge is 2.20. The first-order chi connectivity index (χ1) is 11.9. The van der Waals surface area contributed by atoms with Gasteiger partial charge in [-0.25, -0.2) is 14.3 Å². The molecule has 3 rings (SSSR count). The third-order valence-electron chi connectivity index (χ3n) is 4.24. The first-order valence-corrected chi connectivity index (χ1v) is 8.94. The first kappa shape index (κ1) is 17.5. The van der Waals surface area contributed by atoms with E-state index in [1.807, 2.05) is 39.1 Å². The molecule has 1 N–H and O–H groups in total. The van der Waals surface area contributed by atoms with Crippen LogP contribution in [0, 0.1) is 5.92 Å². The van der Waals surface area contributed by atoms with Crippen molar-refractivity contribution < 1.29 is 9.53 Å². The summed E-state index contributed by atoms with van der Waals surface area (Å²) in [4.78, 5) is 16.5. The van der Waals surface area contributed by atoms with Gasteiger partial charge in [0.1, 0.15) is 5.60 Å². The van der Waals surface area contributed by atoms with Gasteiger partial charge in [0.05, 0.1) is 5.56 Å². The molecule has 0 aliphatic heterocycles. The highest BCUT2D eigenvalue weighted by Crippen LogP contribution is 2.27. The van der Waals surface area contributed by atoms with Crippen LogP contribution in [0.2, 0.25) is 0 Å². The standard InChI is InChI=1S/C19H26N4O2/c1-19(2,3)25-18(24)21-16-15(11-10-14-8-5-4-6-9-14)17-20-12-7-13-23(17)22-16/h7,10-14H,4-6,8-9H2,1-3H3,(H,21,22,24)/b11-10+. The SMILES string of the molecule is CC(C)(C)OC(=O)Nc1nn2cccnc2c1/C=C/C1CCCCC1. The van der Waals surface area contributed by atoms with Crippen molar-refractivity contribution in [2.45, 2.75) is 58.5 Å². The highest BCUT2D eigenvalue weighted by molar-refractivity contribution is 5.89. The number of ether oxygens (including phenoxy) is 1. The van der Waals surface area contributed by atoms with Gasteiger partial charge in [-0.2, -0.15) is 0 Å². The van der Waals surface area contributed by atoms with E-state index in [-0.39, 0.29) is 0 Å². The summed E-state index contributed by atoms with van der Waals surface area (Å²) in [6.45, 7) is 5.51. The Hall–Kier alpha value is -2.37. The Balaban J connectivity index is 1.86. The molecule has 6 nitrogen and oxygen atoms in total. The van der Waals surface area contributed by atoms with E-state index in [4.69, 9.17) is 4.74 Å². The number of carbonyl (C=O) groups is 1. The van der Waals surface area contributed by atoms with Crippen LogP contribution in [-0.4, -0.2) is 26.3 Å². The fraction of sp³-hybridized carbons (Fsp3) is 0.526. The average molecular weight is 342 g/mol. The maximum absolute atomic E-state index is 12.1. The molecular weight excluding hydrogens is 316 g/mol. The highest BCUT2D eigenvalue weighted by atomic mass is 16.6. The zero-order valence-corrected chi connectivity index (χ0v) is 15.2. The number of fused-ring (bicyclic) bond motifs is 1. The smallest absolute Gasteiger partial charge is 0.413 e. The molecule has 6 heteroatoms. The minimum atomic E-state index is -0.556. The molecule has 1 aliphatic rings. The lowest BCUT2D eigenvalue weighted by molar-refractivity contribution is 0.0635. The first-order valence-electron chi connectivity index (χ1n) is 8.94. The number of nitrogens with one attached hydrogen (secondary N) is 1. The van der Waals surface area contributed by atoms with Crippen LogP contribution in [0.5, 0.6) is 0 Å². The summed E-state index contributed by atoms with van der Waals surface area (Å²) in [7, 11) is 0. The van der Waals surface area contributed by atoms with Crippen molar-refractivity contribution in [1.29, 1.82) is 0 Å².